The minimum Gasteiger partial charge on any atom is -0.315 e. The molecule has 1 N–H and O–H groups in total. The Kier molecular flexibility index (Phi) is 4.25. The molecular weight excluding hydrogens is 372 g/mol. The monoisotopic (exact) mass is 392 g/mol. The van der Waals surface area contributed by atoms with Gasteiger partial charge in [-0.3, -0.25) is 14.6 Å². The molecule has 5 rings (SSSR count). The van der Waals surface area contributed by atoms with Crippen LogP contribution in [0.25, 0.3) is 22.2 Å². The summed E-state index contributed by atoms with van der Waals surface area (Å²) in [5.41, 5.74) is 3.69. The van der Waals surface area contributed by atoms with E-state index in [1.165, 1.54) is 6.42 Å². The molecule has 0 bridgehead atoms. The van der Waals surface area contributed by atoms with E-state index in [-0.39, 0.29) is 0 Å². The van der Waals surface area contributed by atoms with Crippen LogP contribution < -0.4 is 5.32 Å². The molecular formula is C19H20N8S. The normalized spacial score (nSPS) is 17.4. The van der Waals surface area contributed by atoms with Crippen LogP contribution in [0.1, 0.15) is 23.9 Å². The predicted molar refractivity (Wildman–Crippen MR) is 110 cm³/mol. The molecule has 0 radical (unpaired) electrons. The molecule has 4 aromatic heterocycles. The standard InChI is InChI=1S/C19H20N8S/c1-26-7-3-4-16(26)18-24-25-19(28-18)23-17-6-5-14-15(22-17)8-12(9-20-14)13-10-21-27(2)11-13/h5-6,8-11,16H,3-4,7H2,1-2H3,(H,22,23,25). The van der Waals surface area contributed by atoms with Gasteiger partial charge in [-0.1, -0.05) is 11.3 Å². The van der Waals surface area contributed by atoms with Crippen LogP contribution in [0.5, 0.6) is 0 Å². The molecule has 142 valence electrons. The highest BCUT2D eigenvalue weighted by molar-refractivity contribution is 7.15. The summed E-state index contributed by atoms with van der Waals surface area (Å²) in [5, 5.41) is 18.0. The summed E-state index contributed by atoms with van der Waals surface area (Å²) in [5.74, 6) is 0.736. The third kappa shape index (κ3) is 3.23. The zero-order valence-electron chi connectivity index (χ0n) is 15.7. The summed E-state index contributed by atoms with van der Waals surface area (Å²) >= 11 is 1.60. The zero-order chi connectivity index (χ0) is 19.1. The van der Waals surface area contributed by atoms with Crippen molar-refractivity contribution in [2.75, 3.05) is 18.9 Å². The van der Waals surface area contributed by atoms with Gasteiger partial charge in [0.15, 0.2) is 0 Å². The van der Waals surface area contributed by atoms with Crippen molar-refractivity contribution in [3.63, 3.8) is 0 Å². The van der Waals surface area contributed by atoms with Crippen molar-refractivity contribution in [3.8, 4) is 11.1 Å². The number of nitrogens with one attached hydrogen (secondary N) is 1. The second-order valence-electron chi connectivity index (χ2n) is 7.07. The summed E-state index contributed by atoms with van der Waals surface area (Å²) in [6.45, 7) is 1.12. The molecule has 1 atom stereocenters. The van der Waals surface area contributed by atoms with Gasteiger partial charge in [-0.05, 0) is 44.6 Å². The summed E-state index contributed by atoms with van der Waals surface area (Å²) in [6.07, 6.45) is 7.99. The van der Waals surface area contributed by atoms with Gasteiger partial charge in [0.1, 0.15) is 10.8 Å². The van der Waals surface area contributed by atoms with Gasteiger partial charge in [-0.25, -0.2) is 4.98 Å². The number of aryl methyl sites for hydroxylation is 1. The Morgan fingerprint density at radius 2 is 2.04 bits per heavy atom. The molecule has 1 aliphatic heterocycles. The van der Waals surface area contributed by atoms with Gasteiger partial charge in [0.2, 0.25) is 5.13 Å². The fourth-order valence-corrected chi connectivity index (χ4v) is 4.51. The second kappa shape index (κ2) is 6.92. The van der Waals surface area contributed by atoms with E-state index in [1.807, 2.05) is 43.8 Å². The van der Waals surface area contributed by atoms with Gasteiger partial charge in [-0.2, -0.15) is 5.10 Å². The SMILES string of the molecule is CN1CCCC1c1nnc(Nc2ccc3ncc(-c4cnn(C)c4)cc3n2)s1. The first-order valence-corrected chi connectivity index (χ1v) is 10.0. The van der Waals surface area contributed by atoms with Crippen molar-refractivity contribution in [1.82, 2.24) is 34.8 Å². The third-order valence-electron chi connectivity index (χ3n) is 5.06. The van der Waals surface area contributed by atoms with E-state index in [0.29, 0.717) is 6.04 Å². The molecule has 28 heavy (non-hydrogen) atoms. The summed E-state index contributed by atoms with van der Waals surface area (Å²) in [6, 6.07) is 6.29. The number of nitrogens with zero attached hydrogens (tertiary/aromatic N) is 7. The zero-order valence-corrected chi connectivity index (χ0v) is 16.5. The van der Waals surface area contributed by atoms with Crippen molar-refractivity contribution in [1.29, 1.82) is 0 Å². The smallest absolute Gasteiger partial charge is 0.211 e. The lowest BCUT2D eigenvalue weighted by atomic mass is 10.1. The largest absolute Gasteiger partial charge is 0.315 e. The van der Waals surface area contributed by atoms with Gasteiger partial charge < -0.3 is 5.32 Å². The number of aromatic nitrogens is 6. The first-order chi connectivity index (χ1) is 13.7. The van der Waals surface area contributed by atoms with E-state index < -0.39 is 0 Å². The Morgan fingerprint density at radius 3 is 2.82 bits per heavy atom. The highest BCUT2D eigenvalue weighted by atomic mass is 32.1. The number of fused-ring (bicyclic) bond motifs is 1. The van der Waals surface area contributed by atoms with E-state index in [0.717, 1.165) is 51.1 Å². The fraction of sp³-hybridized carbons (Fsp3) is 0.316. The fourth-order valence-electron chi connectivity index (χ4n) is 3.56. The maximum Gasteiger partial charge on any atom is 0.211 e. The van der Waals surface area contributed by atoms with Crippen molar-refractivity contribution in [2.45, 2.75) is 18.9 Å². The molecule has 5 heterocycles. The number of anilines is 2. The van der Waals surface area contributed by atoms with Crippen LogP contribution >= 0.6 is 11.3 Å². The quantitative estimate of drug-likeness (QED) is 0.570. The van der Waals surface area contributed by atoms with Crippen molar-refractivity contribution >= 4 is 33.3 Å². The maximum absolute atomic E-state index is 4.71. The molecule has 1 fully saturated rings. The van der Waals surface area contributed by atoms with Crippen molar-refractivity contribution < 1.29 is 0 Å². The molecule has 1 saturated heterocycles. The molecule has 9 heteroatoms. The van der Waals surface area contributed by atoms with Crippen LogP contribution in [-0.2, 0) is 7.05 Å². The highest BCUT2D eigenvalue weighted by Gasteiger charge is 2.26. The predicted octanol–water partition coefficient (Wildman–Crippen LogP) is 3.39. The van der Waals surface area contributed by atoms with Crippen LogP contribution in [0.15, 0.2) is 36.8 Å². The second-order valence-corrected chi connectivity index (χ2v) is 8.08. The molecule has 4 aromatic rings. The van der Waals surface area contributed by atoms with Crippen LogP contribution in [0, 0.1) is 0 Å². The van der Waals surface area contributed by atoms with Crippen molar-refractivity contribution in [3.05, 3.63) is 41.8 Å². The minimum absolute atomic E-state index is 0.379. The van der Waals surface area contributed by atoms with Crippen molar-refractivity contribution in [2.24, 2.45) is 7.05 Å². The van der Waals surface area contributed by atoms with E-state index in [4.69, 9.17) is 4.98 Å². The summed E-state index contributed by atoms with van der Waals surface area (Å²) in [7, 11) is 4.04. The molecule has 0 spiro atoms. The molecule has 1 aliphatic rings. The first-order valence-electron chi connectivity index (χ1n) is 9.22. The van der Waals surface area contributed by atoms with Gasteiger partial charge in [0, 0.05) is 30.6 Å². The maximum atomic E-state index is 4.71. The number of rotatable bonds is 4. The highest BCUT2D eigenvalue weighted by Crippen LogP contribution is 2.34. The van der Waals surface area contributed by atoms with Crippen LogP contribution in [0.4, 0.5) is 10.9 Å². The Morgan fingerprint density at radius 1 is 1.11 bits per heavy atom. The molecule has 0 aromatic carbocycles. The molecule has 8 nitrogen and oxygen atoms in total. The van der Waals surface area contributed by atoms with Gasteiger partial charge in [0.25, 0.3) is 0 Å². The topological polar surface area (TPSA) is 84.7 Å². The average molecular weight is 392 g/mol. The number of hydrogen-bond donors (Lipinski definition) is 1. The lowest BCUT2D eigenvalue weighted by molar-refractivity contribution is 0.315. The molecule has 0 amide bonds. The van der Waals surface area contributed by atoms with Crippen LogP contribution in [-0.4, -0.2) is 48.4 Å². The lowest BCUT2D eigenvalue weighted by Crippen LogP contribution is -2.17. The summed E-state index contributed by atoms with van der Waals surface area (Å²) < 4.78 is 1.78. The van der Waals surface area contributed by atoms with E-state index in [1.54, 1.807) is 16.0 Å². The Labute approximate surface area is 166 Å². The number of pyridine rings is 2. The Balaban J connectivity index is 1.41. The minimum atomic E-state index is 0.379. The van der Waals surface area contributed by atoms with Gasteiger partial charge >= 0.3 is 0 Å². The van der Waals surface area contributed by atoms with E-state index >= 15 is 0 Å². The lowest BCUT2D eigenvalue weighted by Gasteiger charge is -2.15. The van der Waals surface area contributed by atoms with Crippen LogP contribution in [0.2, 0.25) is 0 Å². The molecule has 0 aliphatic carbocycles. The number of likely N-dealkylation sites (tertiary alicyclic amines) is 1. The summed E-state index contributed by atoms with van der Waals surface area (Å²) in [4.78, 5) is 11.6. The third-order valence-corrected chi connectivity index (χ3v) is 6.00. The average Bonchev–Trinajstić information content (AvgIpc) is 3.42. The van der Waals surface area contributed by atoms with E-state index in [2.05, 4.69) is 37.5 Å². The van der Waals surface area contributed by atoms with E-state index in [9.17, 15) is 0 Å². The number of hydrogen-bond acceptors (Lipinski definition) is 8. The van der Waals surface area contributed by atoms with Gasteiger partial charge in [-0.15, -0.1) is 10.2 Å². The Bertz CT molecular complexity index is 1130. The Hall–Kier alpha value is -2.91. The van der Waals surface area contributed by atoms with Crippen LogP contribution in [0.3, 0.4) is 0 Å². The first kappa shape index (κ1) is 17.2. The molecule has 0 saturated carbocycles. The molecule has 1 unspecified atom stereocenters. The van der Waals surface area contributed by atoms with Gasteiger partial charge in [0.05, 0.1) is 23.3 Å².